The number of hydrogen-bond donors (Lipinski definition) is 2. The van der Waals surface area contributed by atoms with Crippen LogP contribution in [0.2, 0.25) is 5.02 Å². The van der Waals surface area contributed by atoms with Crippen LogP contribution in [0.5, 0.6) is 0 Å². The van der Waals surface area contributed by atoms with Gasteiger partial charge in [-0.15, -0.1) is 5.10 Å². The smallest absolute Gasteiger partial charge is 0.124 e. The number of aliphatic hydroxyl groups is 1. The van der Waals surface area contributed by atoms with Crippen LogP contribution in [0.1, 0.15) is 23.2 Å². The Morgan fingerprint density at radius 3 is 2.92 bits per heavy atom. The molecule has 2 N–H and O–H groups in total. The fourth-order valence-corrected chi connectivity index (χ4v) is 3.77. The number of nitrogens with one attached hydrogen (secondary N) is 1. The number of hydrogen-bond acceptors (Lipinski definition) is 4. The Balaban J connectivity index is 1.53. The van der Waals surface area contributed by atoms with Crippen molar-refractivity contribution in [3.05, 3.63) is 76.3 Å². The normalized spacial score (nSPS) is 18.9. The summed E-state index contributed by atoms with van der Waals surface area (Å²) in [6.45, 7) is 0.468. The second-order valence-electron chi connectivity index (χ2n) is 6.50. The largest absolute Gasteiger partial charge is 0.394 e. The van der Waals surface area contributed by atoms with Crippen molar-refractivity contribution in [2.45, 2.75) is 24.9 Å². The highest BCUT2D eigenvalue weighted by atomic mass is 35.5. The number of rotatable bonds is 5. The van der Waals surface area contributed by atoms with E-state index in [1.807, 2.05) is 12.1 Å². The van der Waals surface area contributed by atoms with Crippen molar-refractivity contribution in [1.82, 2.24) is 20.3 Å². The van der Waals surface area contributed by atoms with Crippen molar-refractivity contribution in [2.75, 3.05) is 6.61 Å². The summed E-state index contributed by atoms with van der Waals surface area (Å²) in [4.78, 5) is 0. The molecule has 0 fully saturated rings. The van der Waals surface area contributed by atoms with E-state index in [1.165, 1.54) is 22.4 Å². The van der Waals surface area contributed by atoms with Gasteiger partial charge in [0, 0.05) is 6.54 Å². The molecule has 7 heteroatoms. The molecule has 2 aromatic carbocycles. The van der Waals surface area contributed by atoms with Gasteiger partial charge in [0.25, 0.3) is 0 Å². The first-order valence-corrected chi connectivity index (χ1v) is 8.80. The minimum atomic E-state index is -0.464. The highest BCUT2D eigenvalue weighted by Crippen LogP contribution is 2.36. The second kappa shape index (κ2) is 6.79. The molecule has 1 unspecified atom stereocenters. The number of aliphatic hydroxyl groups excluding tert-OH is 1. The molecule has 0 aliphatic heterocycles. The van der Waals surface area contributed by atoms with E-state index in [4.69, 9.17) is 11.6 Å². The Hall–Kier alpha value is -2.28. The van der Waals surface area contributed by atoms with Gasteiger partial charge in [-0.05, 0) is 42.2 Å². The molecule has 1 heterocycles. The van der Waals surface area contributed by atoms with E-state index in [1.54, 1.807) is 12.3 Å². The molecule has 0 saturated heterocycles. The van der Waals surface area contributed by atoms with E-state index in [0.29, 0.717) is 17.9 Å². The summed E-state index contributed by atoms with van der Waals surface area (Å²) >= 11 is 6.08. The van der Waals surface area contributed by atoms with Crippen molar-refractivity contribution in [2.24, 2.45) is 0 Å². The quantitative estimate of drug-likeness (QED) is 0.722. The Morgan fingerprint density at radius 1 is 1.27 bits per heavy atom. The third-order valence-corrected chi connectivity index (χ3v) is 5.23. The average molecular weight is 373 g/mol. The fraction of sp³-hybridized carbons (Fsp3) is 0.263. The van der Waals surface area contributed by atoms with Crippen molar-refractivity contribution in [3.8, 4) is 5.69 Å². The number of fused-ring (bicyclic) bond motifs is 1. The Morgan fingerprint density at radius 2 is 2.12 bits per heavy atom. The number of benzene rings is 2. The van der Waals surface area contributed by atoms with E-state index in [-0.39, 0.29) is 11.6 Å². The topological polar surface area (TPSA) is 63.0 Å². The lowest BCUT2D eigenvalue weighted by Crippen LogP contribution is -2.43. The third-order valence-electron chi connectivity index (χ3n) is 4.93. The molecule has 1 aliphatic carbocycles. The highest BCUT2D eigenvalue weighted by Gasteiger charge is 2.37. The average Bonchev–Trinajstić information content (AvgIpc) is 3.25. The van der Waals surface area contributed by atoms with E-state index < -0.39 is 11.4 Å². The molecule has 0 bridgehead atoms. The zero-order valence-electron chi connectivity index (χ0n) is 14.0. The van der Waals surface area contributed by atoms with Crippen molar-refractivity contribution in [3.63, 3.8) is 0 Å². The maximum Gasteiger partial charge on any atom is 0.124 e. The first kappa shape index (κ1) is 17.1. The molecule has 0 amide bonds. The lowest BCUT2D eigenvalue weighted by atomic mass is 9.92. The van der Waals surface area contributed by atoms with Crippen LogP contribution in [-0.4, -0.2) is 26.7 Å². The monoisotopic (exact) mass is 372 g/mol. The first-order chi connectivity index (χ1) is 12.6. The molecule has 1 atom stereocenters. The fourth-order valence-electron chi connectivity index (χ4n) is 3.52. The van der Waals surface area contributed by atoms with Crippen LogP contribution in [-0.2, 0) is 18.5 Å². The Labute approximate surface area is 155 Å². The minimum absolute atomic E-state index is 0.0158. The van der Waals surface area contributed by atoms with Gasteiger partial charge in [-0.3, -0.25) is 5.32 Å². The maximum absolute atomic E-state index is 13.2. The summed E-state index contributed by atoms with van der Waals surface area (Å²) in [6, 6.07) is 12.3. The molecule has 0 saturated carbocycles. The van der Waals surface area contributed by atoms with Gasteiger partial charge in [0.15, 0.2) is 0 Å². The second-order valence-corrected chi connectivity index (χ2v) is 6.91. The van der Waals surface area contributed by atoms with Gasteiger partial charge < -0.3 is 5.11 Å². The number of aryl methyl sites for hydroxylation is 1. The van der Waals surface area contributed by atoms with Crippen LogP contribution in [0.15, 0.2) is 48.7 Å². The molecule has 1 aliphatic rings. The molecule has 0 spiro atoms. The van der Waals surface area contributed by atoms with Crippen LogP contribution in [0.25, 0.3) is 5.69 Å². The van der Waals surface area contributed by atoms with Gasteiger partial charge in [0.2, 0.25) is 0 Å². The van der Waals surface area contributed by atoms with E-state index in [9.17, 15) is 9.50 Å². The highest BCUT2D eigenvalue weighted by molar-refractivity contribution is 6.32. The van der Waals surface area contributed by atoms with Crippen LogP contribution < -0.4 is 5.32 Å². The van der Waals surface area contributed by atoms with Crippen LogP contribution in [0.4, 0.5) is 4.39 Å². The predicted octanol–water partition coefficient (Wildman–Crippen LogP) is 2.98. The van der Waals surface area contributed by atoms with Gasteiger partial charge in [0.05, 0.1) is 34.7 Å². The summed E-state index contributed by atoms with van der Waals surface area (Å²) in [5.74, 6) is -0.398. The molecule has 134 valence electrons. The maximum atomic E-state index is 13.2. The zero-order valence-corrected chi connectivity index (χ0v) is 14.7. The lowest BCUT2D eigenvalue weighted by molar-refractivity contribution is 0.158. The van der Waals surface area contributed by atoms with Crippen LogP contribution >= 0.6 is 11.6 Å². The number of halogens is 2. The SMILES string of the molecule is OCC1(NCc2cn(-c3ccc(F)cc3Cl)nn2)CCc2ccccc21. The molecular formula is C19H18ClFN4O. The van der Waals surface area contributed by atoms with Gasteiger partial charge in [-0.25, -0.2) is 9.07 Å². The van der Waals surface area contributed by atoms with Crippen LogP contribution in [0.3, 0.4) is 0 Å². The minimum Gasteiger partial charge on any atom is -0.394 e. The van der Waals surface area contributed by atoms with Gasteiger partial charge in [-0.2, -0.15) is 0 Å². The third kappa shape index (κ3) is 3.00. The van der Waals surface area contributed by atoms with Gasteiger partial charge >= 0.3 is 0 Å². The molecule has 26 heavy (non-hydrogen) atoms. The molecule has 3 aromatic rings. The van der Waals surface area contributed by atoms with Gasteiger partial charge in [-0.1, -0.05) is 41.1 Å². The summed E-state index contributed by atoms with van der Waals surface area (Å²) in [7, 11) is 0. The van der Waals surface area contributed by atoms with Crippen LogP contribution in [0, 0.1) is 5.82 Å². The molecule has 5 nitrogen and oxygen atoms in total. The zero-order chi connectivity index (χ0) is 18.1. The first-order valence-electron chi connectivity index (χ1n) is 8.42. The molecule has 0 radical (unpaired) electrons. The molecular weight excluding hydrogens is 355 g/mol. The Bertz CT molecular complexity index is 945. The van der Waals surface area contributed by atoms with E-state index in [2.05, 4.69) is 27.8 Å². The number of aromatic nitrogens is 3. The van der Waals surface area contributed by atoms with Gasteiger partial charge in [0.1, 0.15) is 5.82 Å². The summed E-state index contributed by atoms with van der Waals surface area (Å²) < 4.78 is 14.7. The molecule has 4 rings (SSSR count). The summed E-state index contributed by atoms with van der Waals surface area (Å²) in [5.41, 5.74) is 3.21. The van der Waals surface area contributed by atoms with E-state index in [0.717, 1.165) is 18.4 Å². The Kier molecular flexibility index (Phi) is 4.48. The van der Waals surface area contributed by atoms with Crippen molar-refractivity contribution >= 4 is 11.6 Å². The number of nitrogens with zero attached hydrogens (tertiary/aromatic N) is 3. The molecule has 1 aromatic heterocycles. The van der Waals surface area contributed by atoms with E-state index >= 15 is 0 Å². The predicted molar refractivity (Wildman–Crippen MR) is 96.7 cm³/mol. The summed E-state index contributed by atoms with van der Waals surface area (Å²) in [6.07, 6.45) is 3.51. The standard InChI is InChI=1S/C19H18ClFN4O/c20-17-9-14(21)5-6-18(17)25-11-15(23-24-25)10-22-19(12-26)8-7-13-3-1-2-4-16(13)19/h1-6,9,11,22,26H,7-8,10,12H2. The summed E-state index contributed by atoms with van der Waals surface area (Å²) in [5, 5.41) is 22.0. The van der Waals surface area contributed by atoms with Crippen molar-refractivity contribution < 1.29 is 9.50 Å². The lowest BCUT2D eigenvalue weighted by Gasteiger charge is -2.29. The van der Waals surface area contributed by atoms with Crippen molar-refractivity contribution in [1.29, 1.82) is 0 Å².